The van der Waals surface area contributed by atoms with Crippen LogP contribution in [0.2, 0.25) is 6.82 Å². The van der Waals surface area contributed by atoms with E-state index in [4.69, 9.17) is 0 Å². The van der Waals surface area contributed by atoms with Crippen molar-refractivity contribution in [3.63, 3.8) is 0 Å². The molecule has 0 bridgehead atoms. The molecule has 0 amide bonds. The van der Waals surface area contributed by atoms with Crippen LogP contribution in [0.15, 0.2) is 30.3 Å². The Kier molecular flexibility index (Phi) is 4.04. The van der Waals surface area contributed by atoms with Crippen LogP contribution in [0.25, 0.3) is 0 Å². The summed E-state index contributed by atoms with van der Waals surface area (Å²) in [6.45, 7) is 2.83. The molecule has 0 unspecified atom stereocenters. The second kappa shape index (κ2) is 5.54. The highest BCUT2D eigenvalue weighted by Crippen LogP contribution is 2.33. The predicted octanol–water partition coefficient (Wildman–Crippen LogP) is 1.29. The van der Waals surface area contributed by atoms with E-state index in [1.165, 1.54) is 0 Å². The van der Waals surface area contributed by atoms with Crippen molar-refractivity contribution >= 4 is 13.0 Å². The lowest BCUT2D eigenvalue weighted by Crippen LogP contribution is -2.48. The molecule has 4 nitrogen and oxygen atoms in total. The van der Waals surface area contributed by atoms with Gasteiger partial charge < -0.3 is 14.9 Å². The van der Waals surface area contributed by atoms with Crippen LogP contribution in [-0.4, -0.2) is 41.1 Å². The number of nitrogens with zero attached hydrogens (tertiary/aromatic N) is 1. The van der Waals surface area contributed by atoms with Crippen molar-refractivity contribution in [3.05, 3.63) is 35.9 Å². The van der Waals surface area contributed by atoms with Crippen molar-refractivity contribution in [2.45, 2.75) is 19.2 Å². The third kappa shape index (κ3) is 2.74. The van der Waals surface area contributed by atoms with Crippen LogP contribution in [-0.2, 0) is 4.79 Å². The molecule has 1 saturated heterocycles. The zero-order valence-electron chi connectivity index (χ0n) is 10.5. The van der Waals surface area contributed by atoms with Crippen LogP contribution in [0, 0.1) is 5.92 Å². The van der Waals surface area contributed by atoms with E-state index in [-0.39, 0.29) is 5.92 Å². The molecule has 0 aliphatic carbocycles. The Morgan fingerprint density at radius 3 is 2.61 bits per heavy atom. The normalized spacial score (nSPS) is 24.8. The molecule has 5 heteroatoms. The highest BCUT2D eigenvalue weighted by molar-refractivity contribution is 6.45. The van der Waals surface area contributed by atoms with Crippen molar-refractivity contribution in [1.29, 1.82) is 0 Å². The molecule has 1 aromatic carbocycles. The number of carboxylic acid groups (broad SMARTS) is 1. The molecule has 0 saturated carbocycles. The van der Waals surface area contributed by atoms with Crippen LogP contribution >= 0.6 is 0 Å². The largest absolute Gasteiger partial charge is 0.481 e. The number of carbonyl (C=O) groups is 1. The second-order valence-electron chi connectivity index (χ2n) is 4.88. The predicted molar refractivity (Wildman–Crippen MR) is 70.3 cm³/mol. The molecule has 2 rings (SSSR count). The number of benzene rings is 1. The van der Waals surface area contributed by atoms with Crippen molar-refractivity contribution in [3.8, 4) is 0 Å². The molecule has 0 spiro atoms. The maximum Gasteiger partial charge on any atom is 0.376 e. The standard InChI is InChI=1S/C13H18BNO3/c1-14(18)15-8-7-11(12(9-15)13(16)17)10-5-3-2-4-6-10/h2-6,11-12,18H,7-9H2,1H3,(H,16,17)/t11-,12+/m0/s1. The first-order valence-corrected chi connectivity index (χ1v) is 6.29. The van der Waals surface area contributed by atoms with E-state index in [1.807, 2.05) is 35.1 Å². The van der Waals surface area contributed by atoms with E-state index in [1.54, 1.807) is 6.82 Å². The van der Waals surface area contributed by atoms with Gasteiger partial charge in [-0.25, -0.2) is 0 Å². The fraction of sp³-hybridized carbons (Fsp3) is 0.462. The van der Waals surface area contributed by atoms with Crippen LogP contribution in [0.5, 0.6) is 0 Å². The topological polar surface area (TPSA) is 60.8 Å². The van der Waals surface area contributed by atoms with Crippen LogP contribution in [0.3, 0.4) is 0 Å². The van der Waals surface area contributed by atoms with Gasteiger partial charge in [-0.1, -0.05) is 30.3 Å². The Labute approximate surface area is 107 Å². The minimum atomic E-state index is -0.783. The van der Waals surface area contributed by atoms with Gasteiger partial charge >= 0.3 is 13.0 Å². The van der Waals surface area contributed by atoms with E-state index in [9.17, 15) is 14.9 Å². The van der Waals surface area contributed by atoms with E-state index in [0.29, 0.717) is 6.54 Å². The van der Waals surface area contributed by atoms with Gasteiger partial charge in [-0.05, 0) is 31.3 Å². The van der Waals surface area contributed by atoms with Gasteiger partial charge in [0, 0.05) is 6.54 Å². The van der Waals surface area contributed by atoms with Crippen LogP contribution < -0.4 is 0 Å². The lowest BCUT2D eigenvalue weighted by Gasteiger charge is -2.37. The molecule has 2 N–H and O–H groups in total. The number of hydrogen-bond donors (Lipinski definition) is 2. The third-order valence-electron chi connectivity index (χ3n) is 3.72. The van der Waals surface area contributed by atoms with Crippen molar-refractivity contribution < 1.29 is 14.9 Å². The number of rotatable bonds is 3. The number of aliphatic carboxylic acids is 1. The Balaban J connectivity index is 2.19. The molecule has 1 aliphatic heterocycles. The molecule has 96 valence electrons. The molecular weight excluding hydrogens is 229 g/mol. The summed E-state index contributed by atoms with van der Waals surface area (Å²) in [5, 5.41) is 18.9. The van der Waals surface area contributed by atoms with Crippen molar-refractivity contribution in [1.82, 2.24) is 4.81 Å². The van der Waals surface area contributed by atoms with Gasteiger partial charge in [0.15, 0.2) is 0 Å². The molecular formula is C13H18BNO3. The zero-order valence-corrected chi connectivity index (χ0v) is 10.5. The maximum absolute atomic E-state index is 11.4. The molecule has 1 aliphatic rings. The molecule has 1 heterocycles. The summed E-state index contributed by atoms with van der Waals surface area (Å²) in [6.07, 6.45) is 0.770. The summed E-state index contributed by atoms with van der Waals surface area (Å²) in [5.74, 6) is -1.19. The summed E-state index contributed by atoms with van der Waals surface area (Å²) >= 11 is 0. The molecule has 18 heavy (non-hydrogen) atoms. The van der Waals surface area contributed by atoms with Gasteiger partial charge in [-0.2, -0.15) is 0 Å². The highest BCUT2D eigenvalue weighted by Gasteiger charge is 2.36. The van der Waals surface area contributed by atoms with Gasteiger partial charge in [0.05, 0.1) is 5.92 Å². The molecule has 0 aromatic heterocycles. The Bertz CT molecular complexity index is 410. The summed E-state index contributed by atoms with van der Waals surface area (Å²) < 4.78 is 0. The first kappa shape index (κ1) is 13.1. The molecule has 0 radical (unpaired) electrons. The summed E-state index contributed by atoms with van der Waals surface area (Å²) in [4.78, 5) is 13.2. The average Bonchev–Trinajstić information content (AvgIpc) is 2.39. The summed E-state index contributed by atoms with van der Waals surface area (Å²) in [7, 11) is -0.580. The molecule has 1 aromatic rings. The lowest BCUT2D eigenvalue weighted by atomic mass is 9.74. The first-order valence-electron chi connectivity index (χ1n) is 6.29. The van der Waals surface area contributed by atoms with Gasteiger partial charge in [-0.15, -0.1) is 0 Å². The number of carboxylic acids is 1. The van der Waals surface area contributed by atoms with E-state index in [2.05, 4.69) is 0 Å². The van der Waals surface area contributed by atoms with E-state index in [0.717, 1.165) is 18.5 Å². The maximum atomic E-state index is 11.4. The van der Waals surface area contributed by atoms with Gasteiger partial charge in [0.2, 0.25) is 0 Å². The summed E-state index contributed by atoms with van der Waals surface area (Å²) in [6, 6.07) is 9.78. The van der Waals surface area contributed by atoms with E-state index >= 15 is 0 Å². The number of hydrogen-bond acceptors (Lipinski definition) is 3. The van der Waals surface area contributed by atoms with Crippen LogP contribution in [0.1, 0.15) is 17.9 Å². The smallest absolute Gasteiger partial charge is 0.376 e. The van der Waals surface area contributed by atoms with Crippen molar-refractivity contribution in [2.24, 2.45) is 5.92 Å². The first-order chi connectivity index (χ1) is 8.59. The quantitative estimate of drug-likeness (QED) is 0.790. The fourth-order valence-corrected chi connectivity index (χ4v) is 2.67. The zero-order chi connectivity index (χ0) is 13.1. The minimum Gasteiger partial charge on any atom is -0.481 e. The molecule has 1 fully saturated rings. The highest BCUT2D eigenvalue weighted by atomic mass is 16.4. The van der Waals surface area contributed by atoms with Crippen molar-refractivity contribution in [2.75, 3.05) is 13.1 Å². The Morgan fingerprint density at radius 2 is 2.06 bits per heavy atom. The van der Waals surface area contributed by atoms with Crippen LogP contribution in [0.4, 0.5) is 0 Å². The Morgan fingerprint density at radius 1 is 1.39 bits per heavy atom. The SMILES string of the molecule is CB(O)N1CC[C@@H](c2ccccc2)[C@H](C(=O)O)C1. The van der Waals surface area contributed by atoms with Gasteiger partial charge in [0.1, 0.15) is 0 Å². The molecule has 2 atom stereocenters. The lowest BCUT2D eigenvalue weighted by molar-refractivity contribution is -0.143. The van der Waals surface area contributed by atoms with E-state index < -0.39 is 18.9 Å². The Hall–Kier alpha value is -1.33. The monoisotopic (exact) mass is 247 g/mol. The fourth-order valence-electron chi connectivity index (χ4n) is 2.67. The van der Waals surface area contributed by atoms with Gasteiger partial charge in [0.25, 0.3) is 0 Å². The summed E-state index contributed by atoms with van der Waals surface area (Å²) in [5.41, 5.74) is 1.08. The third-order valence-corrected chi connectivity index (χ3v) is 3.72. The minimum absolute atomic E-state index is 0.0405. The average molecular weight is 247 g/mol. The van der Waals surface area contributed by atoms with Gasteiger partial charge in [-0.3, -0.25) is 4.79 Å². The number of piperidine rings is 1. The second-order valence-corrected chi connectivity index (χ2v) is 4.88.